The lowest BCUT2D eigenvalue weighted by Gasteiger charge is -2.08. The number of nitrogens with zero attached hydrogens (tertiary/aromatic N) is 1. The third kappa shape index (κ3) is 6.48. The van der Waals surface area contributed by atoms with Crippen LogP contribution in [-0.4, -0.2) is 11.0 Å². The monoisotopic (exact) mass is 419 g/mol. The number of ether oxygens (including phenoxy) is 1. The lowest BCUT2D eigenvalue weighted by molar-refractivity contribution is 0.0730. The summed E-state index contributed by atoms with van der Waals surface area (Å²) in [4.78, 5) is 16.9. The van der Waals surface area contributed by atoms with Crippen LogP contribution in [0, 0.1) is 5.82 Å². The standard InChI is InChI=1S/C27H30FNO2/c1-3-5-7-9-21-11-17-26(29-19-21)22-12-14-23(15-13-22)31-27(30)24-16-10-20(8-6-4-2)18-25(24)28/h10-19H,3-9H2,1-2H3. The molecule has 2 aromatic carbocycles. The van der Waals surface area contributed by atoms with E-state index in [1.54, 1.807) is 18.2 Å². The van der Waals surface area contributed by atoms with Crippen molar-refractivity contribution >= 4 is 5.97 Å². The van der Waals surface area contributed by atoms with Crippen molar-refractivity contribution in [3.8, 4) is 17.0 Å². The fourth-order valence-corrected chi connectivity index (χ4v) is 3.44. The van der Waals surface area contributed by atoms with Crippen LogP contribution in [-0.2, 0) is 12.8 Å². The number of carbonyl (C=O) groups excluding carboxylic acids is 1. The lowest BCUT2D eigenvalue weighted by Crippen LogP contribution is -2.11. The number of esters is 1. The second kappa shape index (κ2) is 11.4. The van der Waals surface area contributed by atoms with Crippen molar-refractivity contribution in [2.45, 2.75) is 58.8 Å². The van der Waals surface area contributed by atoms with Crippen LogP contribution in [0.25, 0.3) is 11.3 Å². The second-order valence-electron chi connectivity index (χ2n) is 7.84. The summed E-state index contributed by atoms with van der Waals surface area (Å²) in [6.45, 7) is 4.29. The average Bonchev–Trinajstić information content (AvgIpc) is 2.79. The fourth-order valence-electron chi connectivity index (χ4n) is 3.44. The smallest absolute Gasteiger partial charge is 0.346 e. The van der Waals surface area contributed by atoms with E-state index in [0.29, 0.717) is 5.75 Å². The predicted octanol–water partition coefficient (Wildman–Crippen LogP) is 7.18. The molecule has 1 aromatic heterocycles. The van der Waals surface area contributed by atoms with Crippen molar-refractivity contribution in [1.29, 1.82) is 0 Å². The predicted molar refractivity (Wildman–Crippen MR) is 123 cm³/mol. The Morgan fingerprint density at radius 1 is 0.871 bits per heavy atom. The van der Waals surface area contributed by atoms with Gasteiger partial charge in [0, 0.05) is 11.8 Å². The second-order valence-corrected chi connectivity index (χ2v) is 7.84. The minimum absolute atomic E-state index is 0.0512. The molecule has 0 spiro atoms. The van der Waals surface area contributed by atoms with Gasteiger partial charge >= 0.3 is 5.97 Å². The number of benzene rings is 2. The third-order valence-electron chi connectivity index (χ3n) is 5.33. The van der Waals surface area contributed by atoms with Gasteiger partial charge in [0.05, 0.1) is 11.3 Å². The molecule has 162 valence electrons. The van der Waals surface area contributed by atoms with Gasteiger partial charge in [-0.25, -0.2) is 9.18 Å². The maximum absolute atomic E-state index is 14.3. The first kappa shape index (κ1) is 22.7. The number of rotatable bonds is 10. The van der Waals surface area contributed by atoms with Gasteiger partial charge in [-0.2, -0.15) is 0 Å². The summed E-state index contributed by atoms with van der Waals surface area (Å²) in [7, 11) is 0. The first-order chi connectivity index (χ1) is 15.1. The highest BCUT2D eigenvalue weighted by atomic mass is 19.1. The van der Waals surface area contributed by atoms with Crippen molar-refractivity contribution in [2.75, 3.05) is 0 Å². The zero-order valence-electron chi connectivity index (χ0n) is 18.4. The molecule has 0 aliphatic carbocycles. The van der Waals surface area contributed by atoms with Gasteiger partial charge in [0.15, 0.2) is 0 Å². The first-order valence-corrected chi connectivity index (χ1v) is 11.2. The van der Waals surface area contributed by atoms with E-state index in [0.717, 1.165) is 42.5 Å². The van der Waals surface area contributed by atoms with Crippen LogP contribution in [0.5, 0.6) is 5.75 Å². The Labute approximate surface area is 184 Å². The summed E-state index contributed by atoms with van der Waals surface area (Å²) in [6.07, 6.45) is 9.43. The van der Waals surface area contributed by atoms with Gasteiger partial charge in [-0.3, -0.25) is 4.98 Å². The van der Waals surface area contributed by atoms with Gasteiger partial charge in [-0.1, -0.05) is 45.2 Å². The summed E-state index contributed by atoms with van der Waals surface area (Å²) in [5.74, 6) is -0.861. The Morgan fingerprint density at radius 3 is 2.23 bits per heavy atom. The summed E-state index contributed by atoms with van der Waals surface area (Å²) in [5.41, 5.74) is 3.89. The zero-order chi connectivity index (χ0) is 22.1. The van der Waals surface area contributed by atoms with Crippen LogP contribution < -0.4 is 4.74 Å². The van der Waals surface area contributed by atoms with E-state index in [2.05, 4.69) is 24.9 Å². The molecule has 0 bridgehead atoms. The van der Waals surface area contributed by atoms with Crippen LogP contribution in [0.3, 0.4) is 0 Å². The van der Waals surface area contributed by atoms with Crippen molar-refractivity contribution in [1.82, 2.24) is 4.98 Å². The number of carbonyl (C=O) groups is 1. The molecule has 0 atom stereocenters. The van der Waals surface area contributed by atoms with Gasteiger partial charge in [0.1, 0.15) is 11.6 Å². The van der Waals surface area contributed by atoms with Crippen molar-refractivity contribution < 1.29 is 13.9 Å². The minimum atomic E-state index is -0.693. The zero-order valence-corrected chi connectivity index (χ0v) is 18.4. The normalized spacial score (nSPS) is 10.8. The van der Waals surface area contributed by atoms with E-state index in [-0.39, 0.29) is 5.56 Å². The Morgan fingerprint density at radius 2 is 1.58 bits per heavy atom. The number of aryl methyl sites for hydroxylation is 2. The molecule has 0 amide bonds. The van der Waals surface area contributed by atoms with Crippen LogP contribution in [0.2, 0.25) is 0 Å². The lowest BCUT2D eigenvalue weighted by atomic mass is 10.1. The van der Waals surface area contributed by atoms with Crippen molar-refractivity contribution in [3.05, 3.63) is 83.3 Å². The number of aromatic nitrogens is 1. The van der Waals surface area contributed by atoms with Crippen LogP contribution in [0.1, 0.15) is 67.4 Å². The Hall–Kier alpha value is -3.01. The summed E-state index contributed by atoms with van der Waals surface area (Å²) in [6, 6.07) is 16.0. The van der Waals surface area contributed by atoms with Crippen molar-refractivity contribution in [3.63, 3.8) is 0 Å². The number of hydrogen-bond donors (Lipinski definition) is 0. The van der Waals surface area contributed by atoms with E-state index in [1.807, 2.05) is 24.4 Å². The van der Waals surface area contributed by atoms with Crippen LogP contribution in [0.4, 0.5) is 4.39 Å². The van der Waals surface area contributed by atoms with E-state index in [9.17, 15) is 9.18 Å². The Balaban J connectivity index is 1.62. The van der Waals surface area contributed by atoms with Gasteiger partial charge in [0.2, 0.25) is 0 Å². The van der Waals surface area contributed by atoms with E-state index >= 15 is 0 Å². The number of halogens is 1. The average molecular weight is 420 g/mol. The first-order valence-electron chi connectivity index (χ1n) is 11.2. The molecule has 0 unspecified atom stereocenters. The SMILES string of the molecule is CCCCCc1ccc(-c2ccc(OC(=O)c3ccc(CCCC)cc3F)cc2)nc1. The molecule has 0 fully saturated rings. The van der Waals surface area contributed by atoms with Gasteiger partial charge in [-0.15, -0.1) is 0 Å². The van der Waals surface area contributed by atoms with Gasteiger partial charge in [0.25, 0.3) is 0 Å². The molecule has 0 N–H and O–H groups in total. The Kier molecular flexibility index (Phi) is 8.34. The summed E-state index contributed by atoms with van der Waals surface area (Å²) < 4.78 is 19.7. The molecule has 0 aliphatic rings. The molecule has 31 heavy (non-hydrogen) atoms. The van der Waals surface area contributed by atoms with E-state index in [4.69, 9.17) is 4.74 Å². The molecule has 0 saturated carbocycles. The van der Waals surface area contributed by atoms with Crippen LogP contribution in [0.15, 0.2) is 60.8 Å². The number of pyridine rings is 1. The molecule has 0 radical (unpaired) electrons. The Bertz CT molecular complexity index is 981. The topological polar surface area (TPSA) is 39.2 Å². The highest BCUT2D eigenvalue weighted by Crippen LogP contribution is 2.23. The summed E-state index contributed by atoms with van der Waals surface area (Å²) >= 11 is 0. The summed E-state index contributed by atoms with van der Waals surface area (Å²) in [5, 5.41) is 0. The highest BCUT2D eigenvalue weighted by molar-refractivity contribution is 5.91. The van der Waals surface area contributed by atoms with Crippen LogP contribution >= 0.6 is 0 Å². The maximum Gasteiger partial charge on any atom is 0.346 e. The van der Waals surface area contributed by atoms with E-state index < -0.39 is 11.8 Å². The van der Waals surface area contributed by atoms with E-state index in [1.165, 1.54) is 37.0 Å². The molecule has 3 nitrogen and oxygen atoms in total. The quantitative estimate of drug-likeness (QED) is 0.198. The molecule has 3 aromatic rings. The fraction of sp³-hybridized carbons (Fsp3) is 0.333. The molecule has 4 heteroatoms. The number of hydrogen-bond acceptors (Lipinski definition) is 3. The molecule has 1 heterocycles. The third-order valence-corrected chi connectivity index (χ3v) is 5.33. The van der Waals surface area contributed by atoms with Gasteiger partial charge < -0.3 is 4.74 Å². The number of unbranched alkanes of at least 4 members (excludes halogenated alkanes) is 3. The largest absolute Gasteiger partial charge is 0.423 e. The molecule has 0 aliphatic heterocycles. The minimum Gasteiger partial charge on any atom is -0.423 e. The molecule has 3 rings (SSSR count). The molecular formula is C27H30FNO2. The maximum atomic E-state index is 14.3. The van der Waals surface area contributed by atoms with Crippen molar-refractivity contribution in [2.24, 2.45) is 0 Å². The highest BCUT2D eigenvalue weighted by Gasteiger charge is 2.15. The van der Waals surface area contributed by atoms with Gasteiger partial charge in [-0.05, 0) is 79.3 Å². The molecular weight excluding hydrogens is 389 g/mol. The molecule has 0 saturated heterocycles.